The summed E-state index contributed by atoms with van der Waals surface area (Å²) in [7, 11) is 0. The van der Waals surface area contributed by atoms with Crippen molar-refractivity contribution < 1.29 is 23.5 Å². The fraction of sp³-hybridized carbons (Fsp3) is 0.0417. The number of hydrogen-bond acceptors (Lipinski definition) is 4. The van der Waals surface area contributed by atoms with Crippen molar-refractivity contribution in [3.8, 4) is 0 Å². The number of rotatable bonds is 6. The summed E-state index contributed by atoms with van der Waals surface area (Å²) in [6, 6.07) is 16.0. The summed E-state index contributed by atoms with van der Waals surface area (Å²) in [5.74, 6) is -3.47. The third kappa shape index (κ3) is 4.76. The number of aliphatic carboxylic acids is 1. The molecule has 1 amide bonds. The Morgan fingerprint density at radius 1 is 1.12 bits per heavy atom. The van der Waals surface area contributed by atoms with Gasteiger partial charge in [0.15, 0.2) is 12.0 Å². The Balaban J connectivity index is 1.55. The molecule has 1 atom stereocenters. The first-order valence-corrected chi connectivity index (χ1v) is 10.3. The van der Waals surface area contributed by atoms with Crippen molar-refractivity contribution in [2.75, 3.05) is 5.32 Å². The van der Waals surface area contributed by atoms with E-state index in [0.29, 0.717) is 27.9 Å². The first-order valence-electron chi connectivity index (χ1n) is 9.51. The fourth-order valence-corrected chi connectivity index (χ4v) is 3.71. The number of nitrogens with one attached hydrogen (secondary N) is 1. The van der Waals surface area contributed by atoms with E-state index < -0.39 is 17.7 Å². The number of carbonyl (C=O) groups excluding carboxylic acids is 1. The number of halogens is 2. The standard InChI is InChI=1S/C24H16BrFN2O4/c25-16-2-1-3-17(12-16)28-22(29)9-5-14-4-7-18(19(26)10-14)23(24(30)31)15-6-8-21-20(11-15)27-13-32-21/h1-13,23H,(H,28,29)(H,30,31). The average Bonchev–Trinajstić information content (AvgIpc) is 3.22. The molecule has 1 aromatic heterocycles. The molecule has 4 aromatic rings. The van der Waals surface area contributed by atoms with Crippen molar-refractivity contribution in [1.82, 2.24) is 4.98 Å². The summed E-state index contributed by atoms with van der Waals surface area (Å²) in [5.41, 5.74) is 2.44. The van der Waals surface area contributed by atoms with Gasteiger partial charge >= 0.3 is 5.97 Å². The lowest BCUT2D eigenvalue weighted by Crippen LogP contribution is -2.14. The van der Waals surface area contributed by atoms with E-state index in [0.717, 1.165) is 4.47 Å². The van der Waals surface area contributed by atoms with Crippen LogP contribution in [0, 0.1) is 5.82 Å². The molecule has 2 N–H and O–H groups in total. The highest BCUT2D eigenvalue weighted by molar-refractivity contribution is 9.10. The van der Waals surface area contributed by atoms with E-state index in [2.05, 4.69) is 26.2 Å². The maximum absolute atomic E-state index is 14.9. The van der Waals surface area contributed by atoms with E-state index in [1.165, 1.54) is 30.7 Å². The number of benzene rings is 3. The van der Waals surface area contributed by atoms with E-state index in [9.17, 15) is 19.1 Å². The van der Waals surface area contributed by atoms with Gasteiger partial charge in [-0.2, -0.15) is 0 Å². The van der Waals surface area contributed by atoms with Crippen LogP contribution in [-0.4, -0.2) is 22.0 Å². The molecule has 0 aliphatic rings. The van der Waals surface area contributed by atoms with Crippen LogP contribution in [-0.2, 0) is 9.59 Å². The van der Waals surface area contributed by atoms with Gasteiger partial charge in [-0.25, -0.2) is 9.37 Å². The zero-order chi connectivity index (χ0) is 22.7. The summed E-state index contributed by atoms with van der Waals surface area (Å²) >= 11 is 3.33. The molecule has 0 aliphatic carbocycles. The summed E-state index contributed by atoms with van der Waals surface area (Å²) in [5, 5.41) is 12.5. The summed E-state index contributed by atoms with van der Waals surface area (Å²) in [4.78, 5) is 28.1. The molecule has 1 unspecified atom stereocenters. The second kappa shape index (κ2) is 9.15. The van der Waals surface area contributed by atoms with Gasteiger partial charge in [0.1, 0.15) is 17.3 Å². The third-order valence-corrected chi connectivity index (χ3v) is 5.28. The van der Waals surface area contributed by atoms with Crippen LogP contribution in [0.1, 0.15) is 22.6 Å². The molecular formula is C24H16BrFN2O4. The van der Waals surface area contributed by atoms with E-state index >= 15 is 0 Å². The van der Waals surface area contributed by atoms with E-state index in [1.807, 2.05) is 6.07 Å². The van der Waals surface area contributed by atoms with E-state index in [-0.39, 0.29) is 11.5 Å². The molecule has 4 rings (SSSR count). The number of carboxylic acid groups (broad SMARTS) is 1. The van der Waals surface area contributed by atoms with Crippen LogP contribution in [0.25, 0.3) is 17.2 Å². The summed E-state index contributed by atoms with van der Waals surface area (Å²) in [6.07, 6.45) is 4.00. The van der Waals surface area contributed by atoms with E-state index in [4.69, 9.17) is 4.42 Å². The van der Waals surface area contributed by atoms with Crippen molar-refractivity contribution in [3.63, 3.8) is 0 Å². The Morgan fingerprint density at radius 3 is 2.72 bits per heavy atom. The molecule has 0 saturated carbocycles. The van der Waals surface area contributed by atoms with Crippen LogP contribution >= 0.6 is 15.9 Å². The van der Waals surface area contributed by atoms with Crippen LogP contribution in [0.15, 0.2) is 82.0 Å². The first-order chi connectivity index (χ1) is 15.4. The minimum absolute atomic E-state index is 0.0103. The van der Waals surface area contributed by atoms with Crippen LogP contribution in [0.4, 0.5) is 10.1 Å². The largest absolute Gasteiger partial charge is 0.481 e. The average molecular weight is 495 g/mol. The number of hydrogen-bond donors (Lipinski definition) is 2. The molecule has 32 heavy (non-hydrogen) atoms. The normalized spacial score (nSPS) is 12.2. The lowest BCUT2D eigenvalue weighted by atomic mass is 9.90. The zero-order valence-corrected chi connectivity index (χ0v) is 18.0. The Hall–Kier alpha value is -3.78. The number of oxazole rings is 1. The number of amides is 1. The minimum Gasteiger partial charge on any atom is -0.481 e. The van der Waals surface area contributed by atoms with Crippen molar-refractivity contribution in [1.29, 1.82) is 0 Å². The van der Waals surface area contributed by atoms with Crippen molar-refractivity contribution >= 4 is 50.7 Å². The number of carboxylic acids is 1. The van der Waals surface area contributed by atoms with Gasteiger partial charge in [0, 0.05) is 21.8 Å². The summed E-state index contributed by atoms with van der Waals surface area (Å²) < 4.78 is 20.9. The van der Waals surface area contributed by atoms with Crippen LogP contribution < -0.4 is 5.32 Å². The SMILES string of the molecule is O=C(C=Cc1ccc(C(C(=O)O)c2ccc3ocnc3c2)c(F)c1)Nc1cccc(Br)c1. The molecule has 160 valence electrons. The van der Waals surface area contributed by atoms with Crippen LogP contribution in [0.2, 0.25) is 0 Å². The lowest BCUT2D eigenvalue weighted by molar-refractivity contribution is -0.137. The minimum atomic E-state index is -1.21. The fourth-order valence-electron chi connectivity index (χ4n) is 3.31. The summed E-state index contributed by atoms with van der Waals surface area (Å²) in [6.45, 7) is 0. The molecule has 0 bridgehead atoms. The smallest absolute Gasteiger partial charge is 0.315 e. The number of aromatic nitrogens is 1. The van der Waals surface area contributed by atoms with Gasteiger partial charge in [-0.1, -0.05) is 40.2 Å². The third-order valence-electron chi connectivity index (χ3n) is 4.79. The Labute approximate surface area is 190 Å². The molecule has 0 saturated heterocycles. The molecule has 3 aromatic carbocycles. The van der Waals surface area contributed by atoms with Gasteiger partial charge in [-0.3, -0.25) is 9.59 Å². The maximum atomic E-state index is 14.9. The van der Waals surface area contributed by atoms with Crippen molar-refractivity contribution in [2.24, 2.45) is 0 Å². The molecular weight excluding hydrogens is 479 g/mol. The molecule has 6 nitrogen and oxygen atoms in total. The number of carbonyl (C=O) groups is 2. The topological polar surface area (TPSA) is 92.4 Å². The molecule has 0 radical (unpaired) electrons. The Kier molecular flexibility index (Phi) is 6.13. The molecule has 8 heteroatoms. The Morgan fingerprint density at radius 2 is 1.97 bits per heavy atom. The zero-order valence-electron chi connectivity index (χ0n) is 16.5. The van der Waals surface area contributed by atoms with E-state index in [1.54, 1.807) is 42.5 Å². The number of fused-ring (bicyclic) bond motifs is 1. The van der Waals surface area contributed by atoms with Gasteiger partial charge in [0.05, 0.1) is 0 Å². The van der Waals surface area contributed by atoms with Gasteiger partial charge in [0.25, 0.3) is 0 Å². The van der Waals surface area contributed by atoms with Gasteiger partial charge in [0.2, 0.25) is 5.91 Å². The van der Waals surface area contributed by atoms with Crippen molar-refractivity contribution in [2.45, 2.75) is 5.92 Å². The second-order valence-corrected chi connectivity index (χ2v) is 7.88. The Bertz CT molecular complexity index is 1350. The number of anilines is 1. The second-order valence-electron chi connectivity index (χ2n) is 6.96. The molecule has 0 aliphatic heterocycles. The van der Waals surface area contributed by atoms with Gasteiger partial charge < -0.3 is 14.8 Å². The molecule has 0 spiro atoms. The van der Waals surface area contributed by atoms with Crippen molar-refractivity contribution in [3.05, 3.63) is 100 Å². The van der Waals surface area contributed by atoms with Gasteiger partial charge in [-0.15, -0.1) is 0 Å². The highest BCUT2D eigenvalue weighted by Crippen LogP contribution is 2.30. The highest BCUT2D eigenvalue weighted by atomic mass is 79.9. The monoisotopic (exact) mass is 494 g/mol. The molecule has 0 fully saturated rings. The number of nitrogens with zero attached hydrogens (tertiary/aromatic N) is 1. The quantitative estimate of drug-likeness (QED) is 0.340. The highest BCUT2D eigenvalue weighted by Gasteiger charge is 2.26. The van der Waals surface area contributed by atoms with Crippen LogP contribution in [0.3, 0.4) is 0 Å². The van der Waals surface area contributed by atoms with Gasteiger partial charge in [-0.05, 0) is 53.6 Å². The maximum Gasteiger partial charge on any atom is 0.315 e. The lowest BCUT2D eigenvalue weighted by Gasteiger charge is -2.14. The predicted octanol–water partition coefficient (Wildman–Crippen LogP) is 5.60. The van der Waals surface area contributed by atoms with Crippen LogP contribution in [0.5, 0.6) is 0 Å². The first kappa shape index (κ1) is 21.5. The predicted molar refractivity (Wildman–Crippen MR) is 122 cm³/mol. The molecule has 1 heterocycles.